The monoisotopic (exact) mass is 538 g/mol. The van der Waals surface area contributed by atoms with Gasteiger partial charge in [-0.3, -0.25) is 9.59 Å². The lowest BCUT2D eigenvalue weighted by Gasteiger charge is -2.10. The molecule has 0 aromatic heterocycles. The molecule has 0 saturated carbocycles. The van der Waals surface area contributed by atoms with Crippen LogP contribution in [0.3, 0.4) is 0 Å². The van der Waals surface area contributed by atoms with Crippen LogP contribution in [-0.4, -0.2) is 7.58 Å². The molecule has 0 aliphatic rings. The molecule has 24 heavy (non-hydrogen) atoms. The second kappa shape index (κ2) is 7.57. The average Bonchev–Trinajstić information content (AvgIpc) is 2.62. The normalized spacial score (nSPS) is 10.4. The van der Waals surface area contributed by atoms with E-state index in [0.717, 1.165) is 22.3 Å². The number of benzene rings is 3. The van der Waals surface area contributed by atoms with Crippen molar-refractivity contribution in [3.05, 3.63) is 83.9 Å². The van der Waals surface area contributed by atoms with Crippen molar-refractivity contribution in [3.8, 4) is 22.3 Å². The first-order valence-corrected chi connectivity index (χ1v) is 9.41. The molecular formula is C20H12I2O2. The molecule has 3 aromatic rings. The predicted molar refractivity (Wildman–Crippen MR) is 114 cm³/mol. The van der Waals surface area contributed by atoms with Gasteiger partial charge in [-0.15, -0.1) is 0 Å². The van der Waals surface area contributed by atoms with Crippen LogP contribution in [-0.2, 0) is 0 Å². The summed E-state index contributed by atoms with van der Waals surface area (Å²) in [7, 11) is 0. The van der Waals surface area contributed by atoms with E-state index in [1.165, 1.54) is 0 Å². The fourth-order valence-corrected chi connectivity index (χ4v) is 3.36. The molecule has 0 atom stereocenters. The summed E-state index contributed by atoms with van der Waals surface area (Å²) in [6.07, 6.45) is 0. The fourth-order valence-electron chi connectivity index (χ4n) is 2.58. The van der Waals surface area contributed by atoms with Crippen molar-refractivity contribution >= 4 is 52.8 Å². The number of carbonyl (C=O) groups is 2. The van der Waals surface area contributed by atoms with Crippen molar-refractivity contribution in [2.75, 3.05) is 0 Å². The van der Waals surface area contributed by atoms with Gasteiger partial charge in [0, 0.05) is 56.3 Å². The van der Waals surface area contributed by atoms with Gasteiger partial charge in [0.15, 0.2) is 0 Å². The predicted octanol–water partition coefficient (Wildman–Crippen LogP) is 6.17. The second-order valence-corrected chi connectivity index (χ2v) is 7.21. The van der Waals surface area contributed by atoms with Crippen molar-refractivity contribution in [3.63, 3.8) is 0 Å². The number of rotatable bonds is 4. The van der Waals surface area contributed by atoms with Crippen molar-refractivity contribution < 1.29 is 9.59 Å². The zero-order chi connectivity index (χ0) is 17.1. The Morgan fingerprint density at radius 3 is 1.96 bits per heavy atom. The minimum absolute atomic E-state index is 0.0731. The van der Waals surface area contributed by atoms with E-state index in [9.17, 15) is 9.59 Å². The van der Waals surface area contributed by atoms with Gasteiger partial charge in [0.1, 0.15) is 0 Å². The van der Waals surface area contributed by atoms with Gasteiger partial charge in [0.2, 0.25) is 7.58 Å². The highest BCUT2D eigenvalue weighted by atomic mass is 127. The van der Waals surface area contributed by atoms with E-state index in [0.29, 0.717) is 11.1 Å². The quantitative estimate of drug-likeness (QED) is 0.294. The lowest BCUT2D eigenvalue weighted by molar-refractivity contribution is 0.110. The van der Waals surface area contributed by atoms with Gasteiger partial charge in [-0.1, -0.05) is 54.6 Å². The van der Waals surface area contributed by atoms with Crippen molar-refractivity contribution in [2.24, 2.45) is 0 Å². The van der Waals surface area contributed by atoms with Crippen LogP contribution in [0.25, 0.3) is 22.3 Å². The van der Waals surface area contributed by atoms with Gasteiger partial charge < -0.3 is 0 Å². The molecule has 0 radical (unpaired) electrons. The first kappa shape index (κ1) is 17.3. The van der Waals surface area contributed by atoms with Crippen LogP contribution in [0.1, 0.15) is 20.7 Å². The molecular weight excluding hydrogens is 526 g/mol. The van der Waals surface area contributed by atoms with Crippen LogP contribution >= 0.6 is 45.2 Å². The van der Waals surface area contributed by atoms with Crippen molar-refractivity contribution in [2.45, 2.75) is 0 Å². The molecule has 0 fully saturated rings. The standard InChI is InChI=1S/C20H12I2O2/c21-19(23)16-9-10-17(18(12-16)20(22)24)15-8-4-7-14(11-15)13-5-2-1-3-6-13/h1-12H. The Hall–Kier alpha value is -1.54. The Bertz CT molecular complexity index is 918. The molecule has 3 aromatic carbocycles. The molecule has 3 rings (SSSR count). The smallest absolute Gasteiger partial charge is 0.223 e. The summed E-state index contributed by atoms with van der Waals surface area (Å²) in [6.45, 7) is 0. The molecule has 0 aliphatic heterocycles. The number of halogens is 2. The third kappa shape index (κ3) is 3.75. The first-order chi connectivity index (χ1) is 11.6. The van der Waals surface area contributed by atoms with Gasteiger partial charge in [0.25, 0.3) is 0 Å². The summed E-state index contributed by atoms with van der Waals surface area (Å²) in [5.74, 6) is 0. The number of hydrogen-bond donors (Lipinski definition) is 0. The third-order valence-corrected chi connectivity index (χ3v) is 4.94. The van der Waals surface area contributed by atoms with Gasteiger partial charge in [-0.2, -0.15) is 0 Å². The van der Waals surface area contributed by atoms with Gasteiger partial charge in [-0.05, 0) is 40.5 Å². The molecule has 0 unspecified atom stereocenters. The maximum atomic E-state index is 12.0. The number of carbonyl (C=O) groups excluding carboxylic acids is 2. The zero-order valence-corrected chi connectivity index (χ0v) is 16.8. The molecule has 2 nitrogen and oxygen atoms in total. The molecule has 0 spiro atoms. The third-order valence-electron chi connectivity index (χ3n) is 3.74. The SMILES string of the molecule is O=C(I)c1ccc(-c2cccc(-c3ccccc3)c2)c(C(=O)I)c1. The first-order valence-electron chi connectivity index (χ1n) is 7.26. The average molecular weight is 538 g/mol. The van der Waals surface area contributed by atoms with E-state index < -0.39 is 0 Å². The van der Waals surface area contributed by atoms with Crippen LogP contribution in [0, 0.1) is 0 Å². The topological polar surface area (TPSA) is 34.1 Å². The largest absolute Gasteiger partial charge is 0.282 e. The van der Waals surface area contributed by atoms with Crippen molar-refractivity contribution in [1.82, 2.24) is 0 Å². The van der Waals surface area contributed by atoms with Crippen LogP contribution < -0.4 is 0 Å². The lowest BCUT2D eigenvalue weighted by atomic mass is 9.95. The molecule has 0 heterocycles. The number of hydrogen-bond acceptors (Lipinski definition) is 2. The zero-order valence-electron chi connectivity index (χ0n) is 12.5. The molecule has 0 aliphatic carbocycles. The maximum Gasteiger partial charge on any atom is 0.223 e. The Morgan fingerprint density at radius 1 is 0.625 bits per heavy atom. The van der Waals surface area contributed by atoms with Gasteiger partial charge in [0.05, 0.1) is 0 Å². The van der Waals surface area contributed by atoms with Gasteiger partial charge >= 0.3 is 0 Å². The van der Waals surface area contributed by atoms with Crippen LogP contribution in [0.15, 0.2) is 72.8 Å². The Labute approximate surface area is 167 Å². The molecule has 0 saturated heterocycles. The fraction of sp³-hybridized carbons (Fsp3) is 0. The highest BCUT2D eigenvalue weighted by Gasteiger charge is 2.14. The van der Waals surface area contributed by atoms with E-state index in [4.69, 9.17) is 0 Å². The van der Waals surface area contributed by atoms with Gasteiger partial charge in [-0.25, -0.2) is 0 Å². The van der Waals surface area contributed by atoms with Crippen LogP contribution in [0.4, 0.5) is 0 Å². The molecule has 0 amide bonds. The van der Waals surface area contributed by atoms with E-state index in [1.807, 2.05) is 42.5 Å². The highest BCUT2D eigenvalue weighted by molar-refractivity contribution is 14.1. The minimum Gasteiger partial charge on any atom is -0.282 e. The van der Waals surface area contributed by atoms with E-state index in [1.54, 1.807) is 57.3 Å². The summed E-state index contributed by atoms with van der Waals surface area (Å²) in [5, 5.41) is 0. The summed E-state index contributed by atoms with van der Waals surface area (Å²) in [5.41, 5.74) is 5.12. The highest BCUT2D eigenvalue weighted by Crippen LogP contribution is 2.30. The molecule has 4 heteroatoms. The molecule has 118 valence electrons. The maximum absolute atomic E-state index is 12.0. The summed E-state index contributed by atoms with van der Waals surface area (Å²) in [6, 6.07) is 23.5. The summed E-state index contributed by atoms with van der Waals surface area (Å²) in [4.78, 5) is 23.6. The molecule has 0 N–H and O–H groups in total. The van der Waals surface area contributed by atoms with Crippen molar-refractivity contribution in [1.29, 1.82) is 0 Å². The van der Waals surface area contributed by atoms with Crippen LogP contribution in [0.2, 0.25) is 0 Å². The Balaban J connectivity index is 2.13. The van der Waals surface area contributed by atoms with E-state index >= 15 is 0 Å². The lowest BCUT2D eigenvalue weighted by Crippen LogP contribution is -1.98. The summed E-state index contributed by atoms with van der Waals surface area (Å²) >= 11 is 3.50. The van der Waals surface area contributed by atoms with E-state index in [-0.39, 0.29) is 7.58 Å². The Morgan fingerprint density at radius 2 is 1.29 bits per heavy atom. The van der Waals surface area contributed by atoms with E-state index in [2.05, 4.69) is 18.2 Å². The van der Waals surface area contributed by atoms with Crippen LogP contribution in [0.5, 0.6) is 0 Å². The Kier molecular flexibility index (Phi) is 5.45. The molecule has 0 bridgehead atoms. The second-order valence-electron chi connectivity index (χ2n) is 5.25. The minimum atomic E-state index is -0.0767. The summed E-state index contributed by atoms with van der Waals surface area (Å²) < 4.78 is -0.150.